The van der Waals surface area contributed by atoms with Gasteiger partial charge in [0.1, 0.15) is 11.5 Å². The highest BCUT2D eigenvalue weighted by molar-refractivity contribution is 6.21. The fourth-order valence-electron chi connectivity index (χ4n) is 2.57. The largest absolute Gasteiger partial charge is 0.494 e. The van der Waals surface area contributed by atoms with E-state index >= 15 is 0 Å². The van der Waals surface area contributed by atoms with Gasteiger partial charge in [-0.1, -0.05) is 18.2 Å². The average Bonchev–Trinajstić information content (AvgIpc) is 2.53. The lowest BCUT2D eigenvalue weighted by Crippen LogP contribution is -2.05. The van der Waals surface area contributed by atoms with Crippen molar-refractivity contribution in [3.63, 3.8) is 0 Å². The molecule has 0 saturated heterocycles. The number of aryl methyl sites for hydroxylation is 1. The minimum atomic E-state index is -0.970. The molecule has 0 bridgehead atoms. The molecule has 0 radical (unpaired) electrons. The molecule has 132 valence electrons. The molecule has 0 aliphatic heterocycles. The number of aliphatic carboxylic acids is 1. The summed E-state index contributed by atoms with van der Waals surface area (Å²) in [4.78, 5) is 11.8. The SMILES string of the molecule is CCOc1ccc(/C(=C/c2cccc(OC(C)C)c2)C(=O)O)c(C)c1. The third-order valence-electron chi connectivity index (χ3n) is 3.57. The van der Waals surface area contributed by atoms with Gasteiger partial charge in [-0.25, -0.2) is 4.79 Å². The van der Waals surface area contributed by atoms with Crippen molar-refractivity contribution in [2.75, 3.05) is 6.61 Å². The summed E-state index contributed by atoms with van der Waals surface area (Å²) in [7, 11) is 0. The molecule has 0 amide bonds. The van der Waals surface area contributed by atoms with Gasteiger partial charge in [0.05, 0.1) is 18.3 Å². The molecule has 0 aliphatic carbocycles. The second-order valence-corrected chi connectivity index (χ2v) is 6.01. The van der Waals surface area contributed by atoms with Crippen molar-refractivity contribution in [2.24, 2.45) is 0 Å². The van der Waals surface area contributed by atoms with Gasteiger partial charge in [-0.15, -0.1) is 0 Å². The highest BCUT2D eigenvalue weighted by Crippen LogP contribution is 2.27. The molecular formula is C21H24O4. The Morgan fingerprint density at radius 3 is 2.52 bits per heavy atom. The van der Waals surface area contributed by atoms with E-state index in [2.05, 4.69) is 0 Å². The Kier molecular flexibility index (Phi) is 6.23. The molecular weight excluding hydrogens is 316 g/mol. The molecule has 0 aliphatic rings. The Morgan fingerprint density at radius 2 is 1.92 bits per heavy atom. The van der Waals surface area contributed by atoms with E-state index in [9.17, 15) is 9.90 Å². The molecule has 0 aromatic heterocycles. The number of benzene rings is 2. The molecule has 4 heteroatoms. The van der Waals surface area contributed by atoms with E-state index in [0.717, 1.165) is 22.6 Å². The van der Waals surface area contributed by atoms with Crippen molar-refractivity contribution >= 4 is 17.6 Å². The van der Waals surface area contributed by atoms with Crippen LogP contribution in [0.4, 0.5) is 0 Å². The minimum Gasteiger partial charge on any atom is -0.494 e. The van der Waals surface area contributed by atoms with Gasteiger partial charge in [0, 0.05) is 0 Å². The fraction of sp³-hybridized carbons (Fsp3) is 0.286. The molecule has 0 heterocycles. The first kappa shape index (κ1) is 18.6. The predicted octanol–water partition coefficient (Wildman–Crippen LogP) is 4.81. The minimum absolute atomic E-state index is 0.0616. The number of carboxylic acids is 1. The second-order valence-electron chi connectivity index (χ2n) is 6.01. The average molecular weight is 340 g/mol. The fourth-order valence-corrected chi connectivity index (χ4v) is 2.57. The van der Waals surface area contributed by atoms with E-state index in [4.69, 9.17) is 9.47 Å². The molecule has 1 N–H and O–H groups in total. The van der Waals surface area contributed by atoms with Crippen LogP contribution in [0.2, 0.25) is 0 Å². The van der Waals surface area contributed by atoms with Crippen LogP contribution in [0.3, 0.4) is 0 Å². The van der Waals surface area contributed by atoms with Gasteiger partial charge in [-0.3, -0.25) is 0 Å². The van der Waals surface area contributed by atoms with Crippen LogP contribution in [0, 0.1) is 6.92 Å². The summed E-state index contributed by atoms with van der Waals surface area (Å²) in [5, 5.41) is 9.67. The highest BCUT2D eigenvalue weighted by Gasteiger charge is 2.14. The number of ether oxygens (including phenoxy) is 2. The van der Waals surface area contributed by atoms with Gasteiger partial charge in [0.25, 0.3) is 0 Å². The van der Waals surface area contributed by atoms with Gasteiger partial charge in [-0.05, 0) is 74.7 Å². The lowest BCUT2D eigenvalue weighted by Gasteiger charge is -2.12. The van der Waals surface area contributed by atoms with Crippen molar-refractivity contribution < 1.29 is 19.4 Å². The Morgan fingerprint density at radius 1 is 1.16 bits per heavy atom. The summed E-state index contributed by atoms with van der Waals surface area (Å²) >= 11 is 0. The summed E-state index contributed by atoms with van der Waals surface area (Å²) in [5.74, 6) is 0.486. The van der Waals surface area contributed by atoms with Crippen LogP contribution in [-0.2, 0) is 4.79 Å². The van der Waals surface area contributed by atoms with Crippen LogP contribution in [0.5, 0.6) is 11.5 Å². The zero-order valence-electron chi connectivity index (χ0n) is 15.1. The summed E-state index contributed by atoms with van der Waals surface area (Å²) in [6, 6.07) is 12.9. The van der Waals surface area contributed by atoms with Crippen molar-refractivity contribution in [3.8, 4) is 11.5 Å². The van der Waals surface area contributed by atoms with Crippen LogP contribution < -0.4 is 9.47 Å². The molecule has 0 fully saturated rings. The number of hydrogen-bond donors (Lipinski definition) is 1. The standard InChI is InChI=1S/C21H24O4/c1-5-24-17-9-10-19(15(4)11-17)20(21(22)23)13-16-7-6-8-18(12-16)25-14(2)3/h6-14H,5H2,1-4H3,(H,22,23)/b20-13-. The van der Waals surface area contributed by atoms with Gasteiger partial charge >= 0.3 is 5.97 Å². The van der Waals surface area contributed by atoms with Crippen LogP contribution in [-0.4, -0.2) is 23.8 Å². The molecule has 0 saturated carbocycles. The maximum Gasteiger partial charge on any atom is 0.336 e. The molecule has 2 rings (SSSR count). The topological polar surface area (TPSA) is 55.8 Å². The van der Waals surface area contributed by atoms with Crippen molar-refractivity contribution in [1.29, 1.82) is 0 Å². The van der Waals surface area contributed by atoms with Gasteiger partial charge < -0.3 is 14.6 Å². The van der Waals surface area contributed by atoms with Gasteiger partial charge in [0.15, 0.2) is 0 Å². The van der Waals surface area contributed by atoms with Crippen LogP contribution in [0.25, 0.3) is 11.6 Å². The quantitative estimate of drug-likeness (QED) is 0.581. The first-order valence-corrected chi connectivity index (χ1v) is 8.36. The van der Waals surface area contributed by atoms with Crippen molar-refractivity contribution in [3.05, 3.63) is 59.2 Å². The Labute approximate surface area is 148 Å². The van der Waals surface area contributed by atoms with E-state index in [1.54, 1.807) is 18.2 Å². The van der Waals surface area contributed by atoms with Gasteiger partial charge in [-0.2, -0.15) is 0 Å². The third-order valence-corrected chi connectivity index (χ3v) is 3.57. The summed E-state index contributed by atoms with van der Waals surface area (Å²) in [6.45, 7) is 8.27. The van der Waals surface area contributed by atoms with E-state index in [0.29, 0.717) is 12.2 Å². The van der Waals surface area contributed by atoms with Crippen molar-refractivity contribution in [1.82, 2.24) is 0 Å². The lowest BCUT2D eigenvalue weighted by atomic mass is 9.98. The van der Waals surface area contributed by atoms with Crippen LogP contribution in [0.15, 0.2) is 42.5 Å². The van der Waals surface area contributed by atoms with E-state index in [1.807, 2.05) is 58.0 Å². The van der Waals surface area contributed by atoms with Crippen molar-refractivity contribution in [2.45, 2.75) is 33.8 Å². The zero-order chi connectivity index (χ0) is 18.4. The lowest BCUT2D eigenvalue weighted by molar-refractivity contribution is -0.130. The first-order chi connectivity index (χ1) is 11.9. The molecule has 0 atom stereocenters. The molecule has 2 aromatic carbocycles. The normalized spacial score (nSPS) is 11.5. The highest BCUT2D eigenvalue weighted by atomic mass is 16.5. The molecule has 25 heavy (non-hydrogen) atoms. The summed E-state index contributed by atoms with van der Waals surface area (Å²) in [6.07, 6.45) is 1.73. The number of rotatable bonds is 7. The van der Waals surface area contributed by atoms with E-state index < -0.39 is 5.97 Å². The summed E-state index contributed by atoms with van der Waals surface area (Å²) < 4.78 is 11.1. The number of carbonyl (C=O) groups is 1. The molecule has 2 aromatic rings. The van der Waals surface area contributed by atoms with Crippen LogP contribution >= 0.6 is 0 Å². The Hall–Kier alpha value is -2.75. The number of carboxylic acid groups (broad SMARTS) is 1. The van der Waals surface area contributed by atoms with E-state index in [-0.39, 0.29) is 11.7 Å². The third kappa shape index (κ3) is 5.11. The number of hydrogen-bond acceptors (Lipinski definition) is 3. The maximum atomic E-state index is 11.8. The summed E-state index contributed by atoms with van der Waals surface area (Å²) in [5.41, 5.74) is 2.55. The predicted molar refractivity (Wildman–Crippen MR) is 100 cm³/mol. The Bertz CT molecular complexity index is 775. The second kappa shape index (κ2) is 8.38. The molecule has 0 unspecified atom stereocenters. The monoisotopic (exact) mass is 340 g/mol. The zero-order valence-corrected chi connectivity index (χ0v) is 15.1. The Balaban J connectivity index is 2.41. The molecule has 0 spiro atoms. The smallest absolute Gasteiger partial charge is 0.336 e. The maximum absolute atomic E-state index is 11.8. The molecule has 4 nitrogen and oxygen atoms in total. The van der Waals surface area contributed by atoms with E-state index in [1.165, 1.54) is 0 Å². The van der Waals surface area contributed by atoms with Crippen LogP contribution in [0.1, 0.15) is 37.5 Å². The van der Waals surface area contributed by atoms with Gasteiger partial charge in [0.2, 0.25) is 0 Å². The first-order valence-electron chi connectivity index (χ1n) is 8.36.